The molecule has 0 bridgehead atoms. The zero-order valence-corrected chi connectivity index (χ0v) is 20.2. The van der Waals surface area contributed by atoms with E-state index in [2.05, 4.69) is 26.0 Å². The zero-order chi connectivity index (χ0) is 22.7. The fourth-order valence-corrected chi connectivity index (χ4v) is 3.92. The van der Waals surface area contributed by atoms with E-state index in [1.54, 1.807) is 30.5 Å². The minimum atomic E-state index is -0.245. The molecule has 1 aromatic heterocycles. The van der Waals surface area contributed by atoms with Crippen LogP contribution < -0.4 is 10.3 Å². The van der Waals surface area contributed by atoms with Crippen molar-refractivity contribution in [1.82, 2.24) is 9.66 Å². The summed E-state index contributed by atoms with van der Waals surface area (Å²) < 4.78 is 8.09. The summed E-state index contributed by atoms with van der Waals surface area (Å²) in [6, 6.07) is 18.1. The lowest BCUT2D eigenvalue weighted by molar-refractivity contribution is 0.306. The van der Waals surface area contributed by atoms with Crippen LogP contribution in [0.2, 0.25) is 10.0 Å². The van der Waals surface area contributed by atoms with Gasteiger partial charge in [-0.2, -0.15) is 9.78 Å². The highest BCUT2D eigenvalue weighted by Gasteiger charge is 2.11. The molecular formula is C24H18BrCl2N3O2. The van der Waals surface area contributed by atoms with Gasteiger partial charge >= 0.3 is 0 Å². The van der Waals surface area contributed by atoms with E-state index >= 15 is 0 Å². The first-order valence-electron chi connectivity index (χ1n) is 9.87. The number of ether oxygens (including phenoxy) is 1. The number of aromatic nitrogens is 2. The lowest BCUT2D eigenvalue weighted by Crippen LogP contribution is -2.22. The maximum absolute atomic E-state index is 13.1. The summed E-state index contributed by atoms with van der Waals surface area (Å²) in [6.07, 6.45) is 2.10. The summed E-state index contributed by atoms with van der Waals surface area (Å²) in [5.74, 6) is 1.13. The summed E-state index contributed by atoms with van der Waals surface area (Å²) in [5.41, 5.74) is 1.88. The molecule has 4 rings (SSSR count). The standard InChI is InChI=1S/C24H18BrCl2N3O2/c1-2-23-29-21-9-7-17(25)12-19(21)24(31)30(23)28-13-16-11-18(26)8-10-22(16)32-14-15-5-3-4-6-20(15)27/h3-13H,2,14H2,1H3. The molecule has 0 aliphatic carbocycles. The molecule has 0 atom stereocenters. The van der Waals surface area contributed by atoms with Gasteiger partial charge < -0.3 is 4.74 Å². The van der Waals surface area contributed by atoms with Gasteiger partial charge in [0.15, 0.2) is 0 Å². The minimum absolute atomic E-state index is 0.245. The van der Waals surface area contributed by atoms with E-state index < -0.39 is 0 Å². The highest BCUT2D eigenvalue weighted by Crippen LogP contribution is 2.24. The van der Waals surface area contributed by atoms with E-state index in [9.17, 15) is 4.79 Å². The molecule has 0 spiro atoms. The fourth-order valence-electron chi connectivity index (χ4n) is 3.19. The fraction of sp³-hybridized carbons (Fsp3) is 0.125. The first-order valence-corrected chi connectivity index (χ1v) is 11.4. The molecule has 0 N–H and O–H groups in total. The monoisotopic (exact) mass is 529 g/mol. The van der Waals surface area contributed by atoms with Gasteiger partial charge in [-0.3, -0.25) is 4.79 Å². The second-order valence-electron chi connectivity index (χ2n) is 6.97. The summed E-state index contributed by atoms with van der Waals surface area (Å²) in [7, 11) is 0. The van der Waals surface area contributed by atoms with E-state index in [1.165, 1.54) is 4.68 Å². The molecule has 5 nitrogen and oxygen atoms in total. The normalized spacial score (nSPS) is 11.4. The van der Waals surface area contributed by atoms with Gasteiger partial charge in [0.1, 0.15) is 18.2 Å². The average molecular weight is 531 g/mol. The Morgan fingerprint density at radius 1 is 1.12 bits per heavy atom. The second kappa shape index (κ2) is 9.86. The number of halogens is 3. The van der Waals surface area contributed by atoms with Crippen LogP contribution in [0.3, 0.4) is 0 Å². The SMILES string of the molecule is CCc1nc2ccc(Br)cc2c(=O)n1N=Cc1cc(Cl)ccc1OCc1ccccc1Cl. The van der Waals surface area contributed by atoms with Gasteiger partial charge in [-0.05, 0) is 42.5 Å². The Bertz CT molecular complexity index is 1390. The average Bonchev–Trinajstić information content (AvgIpc) is 2.79. The Balaban J connectivity index is 1.71. The number of hydrogen-bond acceptors (Lipinski definition) is 4. The maximum atomic E-state index is 13.1. The number of aryl methyl sites for hydroxylation is 1. The zero-order valence-electron chi connectivity index (χ0n) is 17.1. The lowest BCUT2D eigenvalue weighted by Gasteiger charge is -2.11. The largest absolute Gasteiger partial charge is 0.488 e. The smallest absolute Gasteiger partial charge is 0.282 e. The molecule has 8 heteroatoms. The topological polar surface area (TPSA) is 56.5 Å². The van der Waals surface area contributed by atoms with Gasteiger partial charge in [-0.25, -0.2) is 4.98 Å². The second-order valence-corrected chi connectivity index (χ2v) is 8.73. The van der Waals surface area contributed by atoms with Crippen LogP contribution in [-0.2, 0) is 13.0 Å². The first kappa shape index (κ1) is 22.5. The molecule has 32 heavy (non-hydrogen) atoms. The van der Waals surface area contributed by atoms with Crippen molar-refractivity contribution in [3.63, 3.8) is 0 Å². The van der Waals surface area contributed by atoms with Crippen LogP contribution >= 0.6 is 39.1 Å². The Morgan fingerprint density at radius 3 is 2.72 bits per heavy atom. The number of benzene rings is 3. The Hall–Kier alpha value is -2.67. The number of nitrogens with zero attached hydrogens (tertiary/aromatic N) is 3. The van der Waals surface area contributed by atoms with Crippen molar-refractivity contribution in [1.29, 1.82) is 0 Å². The molecule has 0 unspecified atom stereocenters. The highest BCUT2D eigenvalue weighted by atomic mass is 79.9. The summed E-state index contributed by atoms with van der Waals surface area (Å²) >= 11 is 15.8. The number of fused-ring (bicyclic) bond motifs is 1. The molecule has 3 aromatic carbocycles. The summed E-state index contributed by atoms with van der Waals surface area (Å²) in [5, 5.41) is 6.08. The molecule has 0 saturated heterocycles. The lowest BCUT2D eigenvalue weighted by atomic mass is 10.2. The van der Waals surface area contributed by atoms with Gasteiger partial charge in [0, 0.05) is 32.1 Å². The van der Waals surface area contributed by atoms with E-state index in [1.807, 2.05) is 43.3 Å². The van der Waals surface area contributed by atoms with Crippen molar-refractivity contribution in [2.45, 2.75) is 20.0 Å². The Morgan fingerprint density at radius 2 is 1.94 bits per heavy atom. The molecular weight excluding hydrogens is 513 g/mol. The van der Waals surface area contributed by atoms with Crippen molar-refractivity contribution in [2.24, 2.45) is 5.10 Å². The van der Waals surface area contributed by atoms with Crippen LogP contribution in [-0.4, -0.2) is 15.9 Å². The van der Waals surface area contributed by atoms with Crippen molar-refractivity contribution in [3.05, 3.63) is 102 Å². The quantitative estimate of drug-likeness (QED) is 0.268. The van der Waals surface area contributed by atoms with Crippen molar-refractivity contribution < 1.29 is 4.74 Å². The minimum Gasteiger partial charge on any atom is -0.488 e. The van der Waals surface area contributed by atoms with E-state index in [-0.39, 0.29) is 12.2 Å². The third-order valence-electron chi connectivity index (χ3n) is 4.82. The van der Waals surface area contributed by atoms with Crippen LogP contribution in [0, 0.1) is 0 Å². The van der Waals surface area contributed by atoms with Crippen molar-refractivity contribution >= 4 is 56.2 Å². The molecule has 1 heterocycles. The van der Waals surface area contributed by atoms with Crippen LogP contribution in [0.5, 0.6) is 5.75 Å². The van der Waals surface area contributed by atoms with E-state index in [4.69, 9.17) is 27.9 Å². The number of hydrogen-bond donors (Lipinski definition) is 0. The number of rotatable bonds is 6. The molecule has 0 radical (unpaired) electrons. The molecule has 0 aliphatic heterocycles. The van der Waals surface area contributed by atoms with Crippen molar-refractivity contribution in [2.75, 3.05) is 0 Å². The van der Waals surface area contributed by atoms with E-state index in [0.717, 1.165) is 10.0 Å². The molecule has 0 amide bonds. The maximum Gasteiger partial charge on any atom is 0.282 e. The van der Waals surface area contributed by atoms with Crippen LogP contribution in [0.15, 0.2) is 75.0 Å². The molecule has 0 saturated carbocycles. The van der Waals surface area contributed by atoms with E-state index in [0.29, 0.717) is 44.5 Å². The predicted molar refractivity (Wildman–Crippen MR) is 133 cm³/mol. The van der Waals surface area contributed by atoms with Gasteiger partial charge in [-0.15, -0.1) is 0 Å². The predicted octanol–water partition coefficient (Wildman–Crippen LogP) is 6.49. The van der Waals surface area contributed by atoms with Gasteiger partial charge in [0.05, 0.1) is 17.1 Å². The Kier molecular flexibility index (Phi) is 6.94. The van der Waals surface area contributed by atoms with Crippen molar-refractivity contribution in [3.8, 4) is 5.75 Å². The highest BCUT2D eigenvalue weighted by molar-refractivity contribution is 9.10. The van der Waals surface area contributed by atoms with Gasteiger partial charge in [0.25, 0.3) is 5.56 Å². The molecule has 162 valence electrons. The third-order valence-corrected chi connectivity index (χ3v) is 5.91. The summed E-state index contributed by atoms with van der Waals surface area (Å²) in [6.45, 7) is 2.21. The molecule has 0 aliphatic rings. The molecule has 4 aromatic rings. The third kappa shape index (κ3) is 4.88. The van der Waals surface area contributed by atoms with Crippen LogP contribution in [0.1, 0.15) is 23.9 Å². The van der Waals surface area contributed by atoms with Crippen LogP contribution in [0.4, 0.5) is 0 Å². The molecule has 0 fully saturated rings. The van der Waals surface area contributed by atoms with Gasteiger partial charge in [0.2, 0.25) is 0 Å². The van der Waals surface area contributed by atoms with Gasteiger partial charge in [-0.1, -0.05) is 64.3 Å². The first-order chi connectivity index (χ1) is 15.5. The Labute approximate surface area is 203 Å². The van der Waals surface area contributed by atoms with Crippen LogP contribution in [0.25, 0.3) is 10.9 Å². The summed E-state index contributed by atoms with van der Waals surface area (Å²) in [4.78, 5) is 17.7.